The number of benzene rings is 1. The second-order valence-corrected chi connectivity index (χ2v) is 5.12. The molecular weight excluding hydrogens is 282 g/mol. The van der Waals surface area contributed by atoms with Crippen LogP contribution in [0.5, 0.6) is 11.5 Å². The number of methoxy groups -OCH3 is 2. The Morgan fingerprint density at radius 3 is 2.63 bits per heavy atom. The Hall–Kier alpha value is -1.66. The molecule has 2 rings (SSSR count). The fourth-order valence-electron chi connectivity index (χ4n) is 1.53. The first-order chi connectivity index (χ1) is 9.13. The Bertz CT molecular complexity index is 595. The van der Waals surface area contributed by atoms with Crippen molar-refractivity contribution in [1.82, 2.24) is 0 Å². The predicted octanol–water partition coefficient (Wildman–Crippen LogP) is 3.31. The Balaban J connectivity index is 2.21. The van der Waals surface area contributed by atoms with Crippen LogP contribution < -0.4 is 14.8 Å². The summed E-state index contributed by atoms with van der Waals surface area (Å²) in [5, 5.41) is 4.61. The normalized spacial score (nSPS) is 10.1. The third-order valence-electron chi connectivity index (χ3n) is 2.47. The molecule has 6 heteroatoms. The average Bonchev–Trinajstić information content (AvgIpc) is 2.86. The number of rotatable bonds is 4. The summed E-state index contributed by atoms with van der Waals surface area (Å²) in [7, 11) is 3.12. The fraction of sp³-hybridized carbons (Fsp3) is 0.154. The molecule has 0 spiro atoms. The monoisotopic (exact) mass is 295 g/mol. The highest BCUT2D eigenvalue weighted by molar-refractivity contribution is 7.80. The highest BCUT2D eigenvalue weighted by Crippen LogP contribution is 2.30. The van der Waals surface area contributed by atoms with Gasteiger partial charge in [0.15, 0.2) is 0 Å². The van der Waals surface area contributed by atoms with Crippen LogP contribution in [0.3, 0.4) is 0 Å². The van der Waals surface area contributed by atoms with Gasteiger partial charge in [-0.25, -0.2) is 0 Å². The highest BCUT2D eigenvalue weighted by Gasteiger charge is 2.12. The van der Waals surface area contributed by atoms with Crippen molar-refractivity contribution in [2.75, 3.05) is 19.5 Å². The Kier molecular flexibility index (Phi) is 4.34. The van der Waals surface area contributed by atoms with Gasteiger partial charge in [-0.1, -0.05) is 0 Å². The molecule has 0 unspecified atom stereocenters. The Morgan fingerprint density at radius 2 is 2.05 bits per heavy atom. The quantitative estimate of drug-likeness (QED) is 0.851. The van der Waals surface area contributed by atoms with E-state index < -0.39 is 0 Å². The lowest BCUT2D eigenvalue weighted by Gasteiger charge is -2.10. The minimum absolute atomic E-state index is 0.186. The number of amides is 1. The van der Waals surface area contributed by atoms with Crippen LogP contribution in [0.2, 0.25) is 0 Å². The van der Waals surface area contributed by atoms with E-state index in [9.17, 15) is 4.79 Å². The maximum absolute atomic E-state index is 12.0. The number of thiol groups is 1. The lowest BCUT2D eigenvalue weighted by atomic mass is 10.2. The molecule has 0 atom stereocenters. The zero-order valence-electron chi connectivity index (χ0n) is 10.5. The number of hydrogen-bond acceptors (Lipinski definition) is 5. The van der Waals surface area contributed by atoms with Crippen LogP contribution in [0.1, 0.15) is 9.67 Å². The van der Waals surface area contributed by atoms with Gasteiger partial charge in [-0.2, -0.15) is 0 Å². The molecule has 0 bridgehead atoms. The topological polar surface area (TPSA) is 47.6 Å². The van der Waals surface area contributed by atoms with Gasteiger partial charge >= 0.3 is 0 Å². The van der Waals surface area contributed by atoms with E-state index in [4.69, 9.17) is 9.47 Å². The minimum atomic E-state index is -0.186. The number of carbonyl (C=O) groups excluding carboxylic acids is 1. The van der Waals surface area contributed by atoms with Gasteiger partial charge in [0.25, 0.3) is 5.91 Å². The summed E-state index contributed by atoms with van der Waals surface area (Å²) in [5.74, 6) is 1.03. The largest absolute Gasteiger partial charge is 0.497 e. The van der Waals surface area contributed by atoms with Crippen LogP contribution in [0.25, 0.3) is 0 Å². The van der Waals surface area contributed by atoms with E-state index in [-0.39, 0.29) is 5.91 Å². The van der Waals surface area contributed by atoms with Crippen molar-refractivity contribution in [3.63, 3.8) is 0 Å². The molecule has 0 saturated heterocycles. The minimum Gasteiger partial charge on any atom is -0.497 e. The van der Waals surface area contributed by atoms with Gasteiger partial charge in [0.1, 0.15) is 11.5 Å². The number of anilines is 1. The molecule has 1 heterocycles. The van der Waals surface area contributed by atoms with Gasteiger partial charge in [0.05, 0.1) is 24.8 Å². The molecule has 0 aliphatic carbocycles. The van der Waals surface area contributed by atoms with E-state index in [1.54, 1.807) is 38.5 Å². The third kappa shape index (κ3) is 3.21. The molecule has 1 aromatic heterocycles. The van der Waals surface area contributed by atoms with Crippen molar-refractivity contribution >= 4 is 35.6 Å². The molecule has 0 fully saturated rings. The summed E-state index contributed by atoms with van der Waals surface area (Å²) < 4.78 is 10.3. The maximum atomic E-state index is 12.0. The van der Waals surface area contributed by atoms with E-state index in [0.717, 1.165) is 4.90 Å². The van der Waals surface area contributed by atoms with Gasteiger partial charge in [0, 0.05) is 16.3 Å². The molecule has 4 nitrogen and oxygen atoms in total. The molecule has 0 aliphatic heterocycles. The first-order valence-corrected chi connectivity index (χ1v) is 6.77. The van der Waals surface area contributed by atoms with E-state index >= 15 is 0 Å². The Morgan fingerprint density at radius 1 is 1.26 bits per heavy atom. The lowest BCUT2D eigenvalue weighted by Crippen LogP contribution is -2.11. The summed E-state index contributed by atoms with van der Waals surface area (Å²) in [6.45, 7) is 0. The summed E-state index contributed by atoms with van der Waals surface area (Å²) >= 11 is 5.52. The highest BCUT2D eigenvalue weighted by atomic mass is 32.1. The van der Waals surface area contributed by atoms with E-state index in [1.807, 2.05) is 5.38 Å². The van der Waals surface area contributed by atoms with Gasteiger partial charge in [-0.3, -0.25) is 4.79 Å². The molecule has 2 aromatic rings. The van der Waals surface area contributed by atoms with Crippen molar-refractivity contribution in [3.8, 4) is 11.5 Å². The first kappa shape index (κ1) is 13.8. The number of carbonyl (C=O) groups is 1. The van der Waals surface area contributed by atoms with Crippen molar-refractivity contribution in [2.45, 2.75) is 4.90 Å². The zero-order chi connectivity index (χ0) is 13.8. The van der Waals surface area contributed by atoms with Gasteiger partial charge in [-0.05, 0) is 18.2 Å². The van der Waals surface area contributed by atoms with Gasteiger partial charge in [-0.15, -0.1) is 24.0 Å². The van der Waals surface area contributed by atoms with E-state index in [1.165, 1.54) is 11.3 Å². The molecular formula is C13H13NO3S2. The van der Waals surface area contributed by atoms with Crippen LogP contribution in [0, 0.1) is 0 Å². The SMILES string of the molecule is COc1ccc(NC(=O)c2cc(S)cs2)c(OC)c1. The molecule has 0 radical (unpaired) electrons. The van der Waals surface area contributed by atoms with Gasteiger partial charge < -0.3 is 14.8 Å². The van der Waals surface area contributed by atoms with Crippen LogP contribution in [-0.4, -0.2) is 20.1 Å². The summed E-state index contributed by atoms with van der Waals surface area (Å²) in [5.41, 5.74) is 0.599. The number of thiophene rings is 1. The van der Waals surface area contributed by atoms with Crippen molar-refractivity contribution < 1.29 is 14.3 Å². The summed E-state index contributed by atoms with van der Waals surface area (Å²) in [6.07, 6.45) is 0. The number of hydrogen-bond donors (Lipinski definition) is 2. The fourth-order valence-corrected chi connectivity index (χ4v) is 2.57. The van der Waals surface area contributed by atoms with E-state index in [0.29, 0.717) is 22.1 Å². The second-order valence-electron chi connectivity index (χ2n) is 3.69. The van der Waals surface area contributed by atoms with Crippen molar-refractivity contribution in [3.05, 3.63) is 34.5 Å². The van der Waals surface area contributed by atoms with Crippen molar-refractivity contribution in [2.24, 2.45) is 0 Å². The van der Waals surface area contributed by atoms with Crippen molar-refractivity contribution in [1.29, 1.82) is 0 Å². The average molecular weight is 295 g/mol. The van der Waals surface area contributed by atoms with E-state index in [2.05, 4.69) is 17.9 Å². The molecule has 19 heavy (non-hydrogen) atoms. The lowest BCUT2D eigenvalue weighted by molar-refractivity contribution is 0.103. The maximum Gasteiger partial charge on any atom is 0.265 e. The zero-order valence-corrected chi connectivity index (χ0v) is 12.2. The third-order valence-corrected chi connectivity index (χ3v) is 3.83. The van der Waals surface area contributed by atoms with Crippen LogP contribution in [0.4, 0.5) is 5.69 Å². The smallest absolute Gasteiger partial charge is 0.265 e. The molecule has 1 aromatic carbocycles. The molecule has 0 aliphatic rings. The van der Waals surface area contributed by atoms with Gasteiger partial charge in [0.2, 0.25) is 0 Å². The summed E-state index contributed by atoms with van der Waals surface area (Å²) in [4.78, 5) is 13.4. The molecule has 1 amide bonds. The predicted molar refractivity (Wildman–Crippen MR) is 79.1 cm³/mol. The number of nitrogens with one attached hydrogen (secondary N) is 1. The molecule has 0 saturated carbocycles. The first-order valence-electron chi connectivity index (χ1n) is 5.45. The second kappa shape index (κ2) is 5.99. The van der Waals surface area contributed by atoms with Crippen LogP contribution >= 0.6 is 24.0 Å². The molecule has 1 N–H and O–H groups in total. The summed E-state index contributed by atoms with van der Waals surface area (Å²) in [6, 6.07) is 6.94. The number of ether oxygens (including phenoxy) is 2. The van der Waals surface area contributed by atoms with Crippen LogP contribution in [0.15, 0.2) is 34.5 Å². The molecule has 100 valence electrons. The standard InChI is InChI=1S/C13H13NO3S2/c1-16-8-3-4-10(11(5-8)17-2)14-13(15)12-6-9(18)7-19-12/h3-7,18H,1-2H3,(H,14,15). The van der Waals surface area contributed by atoms with Crippen LogP contribution in [-0.2, 0) is 0 Å². The Labute approximate surface area is 120 Å².